The summed E-state index contributed by atoms with van der Waals surface area (Å²) in [5.41, 5.74) is 1.75. The van der Waals surface area contributed by atoms with Crippen LogP contribution in [0.3, 0.4) is 0 Å². The Balaban J connectivity index is 2.16. The van der Waals surface area contributed by atoms with E-state index in [0.29, 0.717) is 21.3 Å². The first-order valence-corrected chi connectivity index (χ1v) is 7.71. The quantitative estimate of drug-likeness (QED) is 0.868. The number of nitrogens with zero attached hydrogens (tertiary/aromatic N) is 2. The lowest BCUT2D eigenvalue weighted by Gasteiger charge is -2.07. The summed E-state index contributed by atoms with van der Waals surface area (Å²) in [7, 11) is 1.30. The van der Waals surface area contributed by atoms with E-state index in [1.54, 1.807) is 19.9 Å². The summed E-state index contributed by atoms with van der Waals surface area (Å²) in [6.07, 6.45) is 0. The number of nitrogens with one attached hydrogen (secondary N) is 1. The minimum absolute atomic E-state index is 0.0248. The fourth-order valence-electron chi connectivity index (χ4n) is 2.00. The molecule has 0 unspecified atom stereocenters. The molecule has 2 rings (SSSR count). The van der Waals surface area contributed by atoms with Crippen LogP contribution in [0.5, 0.6) is 0 Å². The third kappa shape index (κ3) is 3.31. The minimum atomic E-state index is -0.478. The van der Waals surface area contributed by atoms with Gasteiger partial charge in [-0.15, -0.1) is 11.3 Å². The summed E-state index contributed by atoms with van der Waals surface area (Å²) in [6, 6.07) is 1.69. The molecule has 0 aliphatic rings. The second-order valence-electron chi connectivity index (χ2n) is 4.78. The largest absolute Gasteiger partial charge is 0.465 e. The highest BCUT2D eigenvalue weighted by molar-refractivity contribution is 7.16. The van der Waals surface area contributed by atoms with Crippen molar-refractivity contribution < 1.29 is 14.3 Å². The summed E-state index contributed by atoms with van der Waals surface area (Å²) in [5, 5.41) is 7.96. The Labute approximate surface area is 137 Å². The van der Waals surface area contributed by atoms with Gasteiger partial charge in [-0.1, -0.05) is 11.6 Å². The van der Waals surface area contributed by atoms with Crippen LogP contribution in [0.25, 0.3) is 0 Å². The second-order valence-corrected chi connectivity index (χ2v) is 6.42. The van der Waals surface area contributed by atoms with Gasteiger partial charge in [0, 0.05) is 4.88 Å². The molecule has 0 fully saturated rings. The van der Waals surface area contributed by atoms with Gasteiger partial charge in [-0.25, -0.2) is 4.79 Å². The lowest BCUT2D eigenvalue weighted by molar-refractivity contribution is -0.116. The Morgan fingerprint density at radius 2 is 2.09 bits per heavy atom. The lowest BCUT2D eigenvalue weighted by Crippen LogP contribution is -2.21. The molecule has 0 radical (unpaired) electrons. The molecular weight excluding hydrogens is 326 g/mol. The standard InChI is InChI=1S/C14H16ClN3O3S/c1-7-5-10(14(20)21-4)13(22-7)16-11(19)6-18-9(3)12(15)8(2)17-18/h5H,6H2,1-4H3,(H,16,19). The summed E-state index contributed by atoms with van der Waals surface area (Å²) in [5.74, 6) is -0.761. The van der Waals surface area contributed by atoms with Crippen molar-refractivity contribution in [1.29, 1.82) is 0 Å². The van der Waals surface area contributed by atoms with Crippen molar-refractivity contribution in [3.05, 3.63) is 32.9 Å². The molecular formula is C14H16ClN3O3S. The number of anilines is 1. The number of thiophene rings is 1. The van der Waals surface area contributed by atoms with Crippen LogP contribution < -0.4 is 5.32 Å². The highest BCUT2D eigenvalue weighted by Crippen LogP contribution is 2.28. The Morgan fingerprint density at radius 1 is 1.41 bits per heavy atom. The van der Waals surface area contributed by atoms with Crippen molar-refractivity contribution in [3.8, 4) is 0 Å². The number of carbonyl (C=O) groups excluding carboxylic acids is 2. The van der Waals surface area contributed by atoms with Crippen LogP contribution in [-0.2, 0) is 16.1 Å². The monoisotopic (exact) mass is 341 g/mol. The molecule has 6 nitrogen and oxygen atoms in total. The molecule has 0 saturated carbocycles. The number of carbonyl (C=O) groups is 2. The van der Waals surface area contributed by atoms with E-state index in [-0.39, 0.29) is 12.5 Å². The van der Waals surface area contributed by atoms with E-state index < -0.39 is 5.97 Å². The predicted molar refractivity (Wildman–Crippen MR) is 85.7 cm³/mol. The SMILES string of the molecule is COC(=O)c1cc(C)sc1NC(=O)Cn1nc(C)c(Cl)c1C. The zero-order valence-electron chi connectivity index (χ0n) is 12.7. The molecule has 2 aromatic heterocycles. The van der Waals surface area contributed by atoms with E-state index in [1.807, 2.05) is 6.92 Å². The van der Waals surface area contributed by atoms with Crippen LogP contribution in [0.2, 0.25) is 5.02 Å². The lowest BCUT2D eigenvalue weighted by atomic mass is 10.3. The Kier molecular flexibility index (Phi) is 4.87. The zero-order chi connectivity index (χ0) is 16.4. The van der Waals surface area contributed by atoms with Gasteiger partial charge in [-0.2, -0.15) is 5.10 Å². The topological polar surface area (TPSA) is 73.2 Å². The summed E-state index contributed by atoms with van der Waals surface area (Å²) in [4.78, 5) is 24.8. The van der Waals surface area contributed by atoms with Crippen molar-refractivity contribution in [3.63, 3.8) is 0 Å². The molecule has 8 heteroatoms. The molecule has 0 atom stereocenters. The molecule has 22 heavy (non-hydrogen) atoms. The minimum Gasteiger partial charge on any atom is -0.465 e. The van der Waals surface area contributed by atoms with E-state index in [1.165, 1.54) is 23.1 Å². The summed E-state index contributed by atoms with van der Waals surface area (Å²) in [6.45, 7) is 5.46. The van der Waals surface area contributed by atoms with Gasteiger partial charge in [-0.3, -0.25) is 9.48 Å². The van der Waals surface area contributed by atoms with Crippen molar-refractivity contribution in [2.75, 3.05) is 12.4 Å². The van der Waals surface area contributed by atoms with E-state index >= 15 is 0 Å². The molecule has 0 aliphatic heterocycles. The van der Waals surface area contributed by atoms with Crippen LogP contribution >= 0.6 is 22.9 Å². The molecule has 0 aliphatic carbocycles. The van der Waals surface area contributed by atoms with Gasteiger partial charge in [0.05, 0.1) is 29.1 Å². The summed E-state index contributed by atoms with van der Waals surface area (Å²) < 4.78 is 6.24. The molecule has 0 aromatic carbocycles. The average Bonchev–Trinajstić information content (AvgIpc) is 2.94. The first kappa shape index (κ1) is 16.5. The van der Waals surface area contributed by atoms with Crippen molar-refractivity contribution in [1.82, 2.24) is 9.78 Å². The fraction of sp³-hybridized carbons (Fsp3) is 0.357. The maximum absolute atomic E-state index is 12.2. The van der Waals surface area contributed by atoms with E-state index in [4.69, 9.17) is 16.3 Å². The normalized spacial score (nSPS) is 10.6. The first-order valence-electron chi connectivity index (χ1n) is 6.51. The number of hydrogen-bond donors (Lipinski definition) is 1. The van der Waals surface area contributed by atoms with Gasteiger partial charge in [0.25, 0.3) is 0 Å². The van der Waals surface area contributed by atoms with Gasteiger partial charge in [0.2, 0.25) is 5.91 Å². The number of ether oxygens (including phenoxy) is 1. The predicted octanol–water partition coefficient (Wildman–Crippen LogP) is 2.95. The number of methoxy groups -OCH3 is 1. The van der Waals surface area contributed by atoms with Crippen LogP contribution in [0, 0.1) is 20.8 Å². The number of hydrogen-bond acceptors (Lipinski definition) is 5. The number of esters is 1. The number of aromatic nitrogens is 2. The number of aryl methyl sites for hydroxylation is 2. The number of amides is 1. The van der Waals surface area contributed by atoms with Crippen LogP contribution in [0.15, 0.2) is 6.07 Å². The van der Waals surface area contributed by atoms with Crippen LogP contribution in [-0.4, -0.2) is 28.8 Å². The average molecular weight is 342 g/mol. The van der Waals surface area contributed by atoms with Gasteiger partial charge < -0.3 is 10.1 Å². The van der Waals surface area contributed by atoms with Crippen molar-refractivity contribution >= 4 is 39.8 Å². The molecule has 0 saturated heterocycles. The number of rotatable bonds is 4. The molecule has 2 heterocycles. The second kappa shape index (κ2) is 6.50. The van der Waals surface area contributed by atoms with Crippen LogP contribution in [0.4, 0.5) is 5.00 Å². The first-order chi connectivity index (χ1) is 10.3. The van der Waals surface area contributed by atoms with E-state index in [9.17, 15) is 9.59 Å². The van der Waals surface area contributed by atoms with Crippen molar-refractivity contribution in [2.45, 2.75) is 27.3 Å². The highest BCUT2D eigenvalue weighted by atomic mass is 35.5. The van der Waals surface area contributed by atoms with Gasteiger partial charge in [0.15, 0.2) is 0 Å². The van der Waals surface area contributed by atoms with E-state index in [2.05, 4.69) is 10.4 Å². The Morgan fingerprint density at radius 3 is 2.64 bits per heavy atom. The number of halogens is 1. The van der Waals surface area contributed by atoms with Gasteiger partial charge in [0.1, 0.15) is 11.5 Å². The molecule has 118 valence electrons. The molecule has 2 aromatic rings. The smallest absolute Gasteiger partial charge is 0.340 e. The van der Waals surface area contributed by atoms with Gasteiger partial charge >= 0.3 is 5.97 Å². The molecule has 0 bridgehead atoms. The third-order valence-corrected chi connectivity index (χ3v) is 4.61. The van der Waals surface area contributed by atoms with Gasteiger partial charge in [-0.05, 0) is 26.8 Å². The molecule has 1 N–H and O–H groups in total. The maximum Gasteiger partial charge on any atom is 0.340 e. The Bertz CT molecular complexity index is 736. The van der Waals surface area contributed by atoms with E-state index in [0.717, 1.165) is 10.6 Å². The Hall–Kier alpha value is -1.86. The third-order valence-electron chi connectivity index (χ3n) is 3.10. The summed E-state index contributed by atoms with van der Waals surface area (Å²) >= 11 is 7.38. The van der Waals surface area contributed by atoms with Crippen LogP contribution in [0.1, 0.15) is 26.6 Å². The van der Waals surface area contributed by atoms with Crippen molar-refractivity contribution in [2.24, 2.45) is 0 Å². The maximum atomic E-state index is 12.2. The fourth-order valence-corrected chi connectivity index (χ4v) is 3.05. The molecule has 1 amide bonds. The molecule has 0 spiro atoms. The highest BCUT2D eigenvalue weighted by Gasteiger charge is 2.18. The zero-order valence-corrected chi connectivity index (χ0v) is 14.3.